The molecule has 0 aliphatic heterocycles. The molecule has 4 aromatic rings. The Bertz CT molecular complexity index is 1060. The van der Waals surface area contributed by atoms with Crippen LogP contribution >= 0.6 is 11.8 Å². The van der Waals surface area contributed by atoms with E-state index in [1.165, 1.54) is 23.9 Å². The van der Waals surface area contributed by atoms with Gasteiger partial charge in [0.2, 0.25) is 17.7 Å². The molecular weight excluding hydrogens is 367 g/mol. The fourth-order valence-electron chi connectivity index (χ4n) is 2.46. The van der Waals surface area contributed by atoms with Crippen LogP contribution in [-0.4, -0.2) is 20.4 Å². The van der Waals surface area contributed by atoms with Crippen molar-refractivity contribution in [3.8, 4) is 22.9 Å². The minimum atomic E-state index is -0.316. The maximum absolute atomic E-state index is 13.0. The lowest BCUT2D eigenvalue weighted by Crippen LogP contribution is -1.88. The van der Waals surface area contributed by atoms with Crippen LogP contribution in [0.4, 0.5) is 4.39 Å². The van der Waals surface area contributed by atoms with Gasteiger partial charge in [-0.25, -0.2) is 4.39 Å². The molecule has 2 aromatic carbocycles. The summed E-state index contributed by atoms with van der Waals surface area (Å²) in [5, 5.41) is 16.5. The molecule has 0 N–H and O–H groups in total. The first kappa shape index (κ1) is 17.4. The first-order valence-electron chi connectivity index (χ1n) is 8.25. The Morgan fingerprint density at radius 2 is 1.63 bits per heavy atom. The number of nitrogens with zero attached hydrogens (tertiary/aromatic N) is 4. The molecule has 0 unspecified atom stereocenters. The zero-order valence-electron chi connectivity index (χ0n) is 14.6. The van der Waals surface area contributed by atoms with E-state index in [2.05, 4.69) is 20.4 Å². The minimum absolute atomic E-state index is 0.183. The summed E-state index contributed by atoms with van der Waals surface area (Å²) < 4.78 is 24.5. The van der Waals surface area contributed by atoms with Crippen LogP contribution in [0.3, 0.4) is 0 Å². The van der Waals surface area contributed by atoms with Crippen molar-refractivity contribution in [3.05, 3.63) is 65.8 Å². The van der Waals surface area contributed by atoms with Crippen molar-refractivity contribution < 1.29 is 13.2 Å². The lowest BCUT2D eigenvalue weighted by atomic mass is 10.1. The summed E-state index contributed by atoms with van der Waals surface area (Å²) in [6, 6.07) is 13.7. The van der Waals surface area contributed by atoms with Crippen molar-refractivity contribution in [1.82, 2.24) is 20.4 Å². The Kier molecular flexibility index (Phi) is 4.72. The van der Waals surface area contributed by atoms with Crippen LogP contribution < -0.4 is 0 Å². The number of hydrogen-bond acceptors (Lipinski definition) is 7. The largest absolute Gasteiger partial charge is 0.419 e. The molecule has 0 spiro atoms. The van der Waals surface area contributed by atoms with E-state index in [4.69, 9.17) is 8.83 Å². The van der Waals surface area contributed by atoms with Gasteiger partial charge in [0, 0.05) is 11.1 Å². The Hall–Kier alpha value is -3.00. The molecule has 8 heteroatoms. The first-order valence-corrected chi connectivity index (χ1v) is 9.13. The summed E-state index contributed by atoms with van der Waals surface area (Å²) >= 11 is 1.33. The summed E-state index contributed by atoms with van der Waals surface area (Å²) in [7, 11) is 0. The van der Waals surface area contributed by atoms with Crippen molar-refractivity contribution in [2.24, 2.45) is 0 Å². The smallest absolute Gasteiger partial charge is 0.277 e. The molecule has 0 saturated carbocycles. The molecule has 2 aromatic heterocycles. The lowest BCUT2D eigenvalue weighted by molar-refractivity contribution is 0.461. The molecular formula is C19H15FN4O2S. The summed E-state index contributed by atoms with van der Waals surface area (Å²) in [6.45, 7) is 3.91. The summed E-state index contributed by atoms with van der Waals surface area (Å²) in [5.74, 6) is 0.909. The second-order valence-electron chi connectivity index (χ2n) is 5.96. The van der Waals surface area contributed by atoms with E-state index < -0.39 is 0 Å². The summed E-state index contributed by atoms with van der Waals surface area (Å²) in [6.07, 6.45) is 0. The van der Waals surface area contributed by atoms with E-state index in [9.17, 15) is 4.39 Å². The molecule has 136 valence electrons. The molecule has 4 rings (SSSR count). The second-order valence-corrected chi connectivity index (χ2v) is 7.25. The number of thioether (sulfide) groups is 1. The second kappa shape index (κ2) is 7.32. The van der Waals surface area contributed by atoms with Gasteiger partial charge in [-0.2, -0.15) is 0 Å². The van der Waals surface area contributed by atoms with Gasteiger partial charge in [0.05, 0.1) is 5.25 Å². The molecule has 2 heterocycles. The monoisotopic (exact) mass is 382 g/mol. The highest BCUT2D eigenvalue weighted by Crippen LogP contribution is 2.35. The van der Waals surface area contributed by atoms with Crippen LogP contribution in [-0.2, 0) is 0 Å². The number of hydrogen-bond donors (Lipinski definition) is 0. The standard InChI is InChI=1S/C19H15FN4O2S/c1-11-4-3-5-14(10-11)18-23-24-19(26-18)27-12(2)16-21-22-17(25-16)13-6-8-15(20)9-7-13/h3-10,12H,1-2H3/t12-/m1/s1. The molecule has 6 nitrogen and oxygen atoms in total. The van der Waals surface area contributed by atoms with Gasteiger partial charge in [0.25, 0.3) is 5.22 Å². The fraction of sp³-hybridized carbons (Fsp3) is 0.158. The van der Waals surface area contributed by atoms with Crippen LogP contribution in [0.2, 0.25) is 0 Å². The summed E-state index contributed by atoms with van der Waals surface area (Å²) in [5.41, 5.74) is 2.65. The van der Waals surface area contributed by atoms with Crippen molar-refractivity contribution >= 4 is 11.8 Å². The topological polar surface area (TPSA) is 77.8 Å². The highest BCUT2D eigenvalue weighted by molar-refractivity contribution is 7.99. The lowest BCUT2D eigenvalue weighted by Gasteiger charge is -2.02. The zero-order chi connectivity index (χ0) is 18.8. The molecule has 0 bridgehead atoms. The van der Waals surface area contributed by atoms with Gasteiger partial charge < -0.3 is 8.83 Å². The van der Waals surface area contributed by atoms with E-state index in [0.29, 0.717) is 28.5 Å². The predicted molar refractivity (Wildman–Crippen MR) is 98.4 cm³/mol. The van der Waals surface area contributed by atoms with E-state index in [1.54, 1.807) is 12.1 Å². The van der Waals surface area contributed by atoms with E-state index >= 15 is 0 Å². The van der Waals surface area contributed by atoms with E-state index in [1.807, 2.05) is 38.1 Å². The molecule has 0 aliphatic rings. The van der Waals surface area contributed by atoms with Gasteiger partial charge in [0.1, 0.15) is 5.82 Å². The Balaban J connectivity index is 1.48. The van der Waals surface area contributed by atoms with Crippen LogP contribution in [0.15, 0.2) is 62.6 Å². The quantitative estimate of drug-likeness (QED) is 0.445. The maximum Gasteiger partial charge on any atom is 0.277 e. The number of halogens is 1. The molecule has 1 atom stereocenters. The highest BCUT2D eigenvalue weighted by atomic mass is 32.2. The third-order valence-corrected chi connectivity index (χ3v) is 4.75. The van der Waals surface area contributed by atoms with Gasteiger partial charge in [-0.1, -0.05) is 29.5 Å². The van der Waals surface area contributed by atoms with Crippen molar-refractivity contribution in [2.75, 3.05) is 0 Å². The van der Waals surface area contributed by atoms with Gasteiger partial charge >= 0.3 is 0 Å². The molecule has 0 amide bonds. The fourth-order valence-corrected chi connectivity index (χ4v) is 3.18. The molecule has 0 saturated heterocycles. The van der Waals surface area contributed by atoms with E-state index in [0.717, 1.165) is 11.1 Å². The zero-order valence-corrected chi connectivity index (χ0v) is 15.4. The average molecular weight is 382 g/mol. The number of benzene rings is 2. The Labute approximate surface area is 158 Å². The van der Waals surface area contributed by atoms with Gasteiger partial charge in [-0.15, -0.1) is 20.4 Å². The number of aromatic nitrogens is 4. The SMILES string of the molecule is Cc1cccc(-c2nnc(S[C@H](C)c3nnc(-c4ccc(F)cc4)o3)o2)c1. The molecule has 0 aliphatic carbocycles. The molecule has 0 fully saturated rings. The van der Waals surface area contributed by atoms with Crippen molar-refractivity contribution in [2.45, 2.75) is 24.3 Å². The van der Waals surface area contributed by atoms with Gasteiger partial charge in [-0.3, -0.25) is 0 Å². The third kappa shape index (κ3) is 3.90. The van der Waals surface area contributed by atoms with Gasteiger partial charge in [-0.05, 0) is 50.2 Å². The molecule has 27 heavy (non-hydrogen) atoms. The van der Waals surface area contributed by atoms with Crippen LogP contribution in [0.25, 0.3) is 22.9 Å². The minimum Gasteiger partial charge on any atom is -0.419 e. The number of rotatable bonds is 5. The van der Waals surface area contributed by atoms with Crippen molar-refractivity contribution in [3.63, 3.8) is 0 Å². The highest BCUT2D eigenvalue weighted by Gasteiger charge is 2.20. The Morgan fingerprint density at radius 1 is 0.889 bits per heavy atom. The molecule has 0 radical (unpaired) electrons. The van der Waals surface area contributed by atoms with Crippen LogP contribution in [0.5, 0.6) is 0 Å². The first-order chi connectivity index (χ1) is 13.1. The van der Waals surface area contributed by atoms with Crippen LogP contribution in [0.1, 0.15) is 23.6 Å². The predicted octanol–water partition coefficient (Wildman–Crippen LogP) is 5.09. The summed E-state index contributed by atoms with van der Waals surface area (Å²) in [4.78, 5) is 0. The van der Waals surface area contributed by atoms with E-state index in [-0.39, 0.29) is 11.1 Å². The normalized spacial score (nSPS) is 12.3. The maximum atomic E-state index is 13.0. The number of aryl methyl sites for hydroxylation is 1. The van der Waals surface area contributed by atoms with Gasteiger partial charge in [0.15, 0.2) is 0 Å². The Morgan fingerprint density at radius 3 is 2.41 bits per heavy atom. The van der Waals surface area contributed by atoms with Crippen molar-refractivity contribution in [1.29, 1.82) is 0 Å². The third-order valence-electron chi connectivity index (χ3n) is 3.83. The average Bonchev–Trinajstić information content (AvgIpc) is 3.32. The van der Waals surface area contributed by atoms with Crippen LogP contribution in [0, 0.1) is 12.7 Å².